The van der Waals surface area contributed by atoms with Crippen molar-refractivity contribution in [3.05, 3.63) is 29.6 Å². The second-order valence-electron chi connectivity index (χ2n) is 17.6. The van der Waals surface area contributed by atoms with Gasteiger partial charge >= 0.3 is 0 Å². The molecule has 1 aromatic rings. The van der Waals surface area contributed by atoms with E-state index < -0.39 is 0 Å². The number of hydrogen-bond donors (Lipinski definition) is 0. The van der Waals surface area contributed by atoms with Crippen molar-refractivity contribution >= 4 is 11.8 Å². The molecule has 2 amide bonds. The molecule has 44 heavy (non-hydrogen) atoms. The summed E-state index contributed by atoms with van der Waals surface area (Å²) in [7, 11) is 0. The van der Waals surface area contributed by atoms with Gasteiger partial charge in [-0.25, -0.2) is 0 Å². The molecular formula is C39H55N3O2. The zero-order chi connectivity index (χ0) is 29.5. The van der Waals surface area contributed by atoms with Gasteiger partial charge in [0.15, 0.2) is 0 Å². The Morgan fingerprint density at radius 3 is 1.36 bits per heavy atom. The zero-order valence-electron chi connectivity index (χ0n) is 27.1. The minimum absolute atomic E-state index is 0.0167. The van der Waals surface area contributed by atoms with E-state index in [2.05, 4.69) is 9.80 Å². The summed E-state index contributed by atoms with van der Waals surface area (Å²) in [6, 6.07) is 4.56. The van der Waals surface area contributed by atoms with Gasteiger partial charge in [0.25, 0.3) is 11.8 Å². The highest BCUT2D eigenvalue weighted by atomic mass is 16.2. The van der Waals surface area contributed by atoms with Crippen LogP contribution in [0.3, 0.4) is 0 Å². The van der Waals surface area contributed by atoms with Gasteiger partial charge in [0.2, 0.25) is 0 Å². The van der Waals surface area contributed by atoms with Gasteiger partial charge in [0, 0.05) is 34.9 Å². The Morgan fingerprint density at radius 2 is 0.955 bits per heavy atom. The Morgan fingerprint density at radius 1 is 0.568 bits per heavy atom. The summed E-state index contributed by atoms with van der Waals surface area (Å²) in [6.07, 6.45) is 29.4. The molecule has 10 fully saturated rings. The average Bonchev–Trinajstić information content (AvgIpc) is 3.01. The maximum atomic E-state index is 14.9. The lowest BCUT2D eigenvalue weighted by atomic mass is 9.52. The zero-order valence-corrected chi connectivity index (χ0v) is 27.1. The number of rotatable bonds is 6. The van der Waals surface area contributed by atoms with Gasteiger partial charge in [-0.3, -0.25) is 14.6 Å². The van der Waals surface area contributed by atoms with Crippen molar-refractivity contribution in [3.8, 4) is 0 Å². The van der Waals surface area contributed by atoms with Crippen LogP contribution in [-0.4, -0.2) is 49.8 Å². The highest BCUT2D eigenvalue weighted by molar-refractivity contribution is 5.99. The molecule has 0 saturated heterocycles. The van der Waals surface area contributed by atoms with Crippen LogP contribution in [-0.2, 0) is 0 Å². The van der Waals surface area contributed by atoms with Crippen LogP contribution in [0.4, 0.5) is 0 Å². The van der Waals surface area contributed by atoms with Crippen LogP contribution in [0, 0.1) is 35.5 Å². The maximum absolute atomic E-state index is 14.9. The molecule has 0 aromatic carbocycles. The molecule has 5 heteroatoms. The van der Waals surface area contributed by atoms with Gasteiger partial charge in [0.1, 0.15) is 5.69 Å². The summed E-state index contributed by atoms with van der Waals surface area (Å²) >= 11 is 0. The summed E-state index contributed by atoms with van der Waals surface area (Å²) in [5.74, 6) is 5.14. The van der Waals surface area contributed by atoms with Gasteiger partial charge < -0.3 is 9.80 Å². The van der Waals surface area contributed by atoms with Crippen LogP contribution in [0.2, 0.25) is 0 Å². The quantitative estimate of drug-likeness (QED) is 0.330. The van der Waals surface area contributed by atoms with E-state index in [4.69, 9.17) is 4.98 Å². The lowest BCUT2D eigenvalue weighted by Crippen LogP contribution is -2.64. The molecule has 1 heterocycles. The van der Waals surface area contributed by atoms with E-state index >= 15 is 0 Å². The van der Waals surface area contributed by atoms with Gasteiger partial charge in [-0.1, -0.05) is 38.5 Å². The lowest BCUT2D eigenvalue weighted by Gasteiger charge is -2.62. The number of nitrogens with zero attached hydrogens (tertiary/aromatic N) is 3. The summed E-state index contributed by atoms with van der Waals surface area (Å²) in [4.78, 5) is 39.4. The number of aromatic nitrogens is 1. The Kier molecular flexibility index (Phi) is 6.97. The van der Waals surface area contributed by atoms with Crippen molar-refractivity contribution < 1.29 is 9.59 Å². The maximum Gasteiger partial charge on any atom is 0.273 e. The van der Waals surface area contributed by atoms with E-state index in [1.165, 1.54) is 116 Å². The topological polar surface area (TPSA) is 53.5 Å². The fourth-order valence-corrected chi connectivity index (χ4v) is 13.9. The first-order valence-corrected chi connectivity index (χ1v) is 19.1. The average molecular weight is 598 g/mol. The molecule has 10 aliphatic carbocycles. The predicted octanol–water partition coefficient (Wildman–Crippen LogP) is 8.57. The summed E-state index contributed by atoms with van der Waals surface area (Å²) < 4.78 is 0. The lowest BCUT2D eigenvalue weighted by molar-refractivity contribution is -0.0916. The first-order valence-electron chi connectivity index (χ1n) is 19.1. The third-order valence-electron chi connectivity index (χ3n) is 14.6. The molecule has 0 spiro atoms. The standard InChI is InChI=1S/C39H55N3O2/c43-36(41(33-7-3-1-4-8-33)38-20-26-13-27(21-38)15-28(14-26)22-38)32-11-12-40-35(19-32)37(44)42(34-9-5-2-6-10-34)39-23-29-16-30(24-39)18-31(17-29)25-39/h11-12,19,26-31,33-34H,1-10,13-18,20-25H2. The molecule has 0 aliphatic heterocycles. The Bertz CT molecular complexity index is 1110. The van der Waals surface area contributed by atoms with Crippen molar-refractivity contribution in [3.63, 3.8) is 0 Å². The van der Waals surface area contributed by atoms with Gasteiger partial charge in [-0.15, -0.1) is 0 Å². The summed E-state index contributed by atoms with van der Waals surface area (Å²) in [6.45, 7) is 0. The van der Waals surface area contributed by atoms with E-state index in [1.54, 1.807) is 6.20 Å². The molecule has 1 aromatic heterocycles. The Labute approximate surface area is 265 Å². The van der Waals surface area contributed by atoms with Crippen LogP contribution >= 0.6 is 0 Å². The molecule has 5 nitrogen and oxygen atoms in total. The van der Waals surface area contributed by atoms with Crippen LogP contribution in [0.5, 0.6) is 0 Å². The Hall–Kier alpha value is -1.91. The minimum Gasteiger partial charge on any atom is -0.330 e. The second kappa shape index (κ2) is 10.8. The first-order chi connectivity index (χ1) is 21.5. The molecule has 0 atom stereocenters. The van der Waals surface area contributed by atoms with E-state index in [9.17, 15) is 9.59 Å². The highest BCUT2D eigenvalue weighted by Crippen LogP contribution is 2.60. The first kappa shape index (κ1) is 28.3. The molecule has 11 rings (SSSR count). The molecule has 10 saturated carbocycles. The van der Waals surface area contributed by atoms with Crippen LogP contribution < -0.4 is 0 Å². The van der Waals surface area contributed by atoms with Crippen LogP contribution in [0.1, 0.15) is 162 Å². The van der Waals surface area contributed by atoms with Crippen molar-refractivity contribution in [2.75, 3.05) is 0 Å². The fraction of sp³-hybridized carbons (Fsp3) is 0.821. The fourth-order valence-electron chi connectivity index (χ4n) is 13.9. The third kappa shape index (κ3) is 4.71. The normalized spacial score (nSPS) is 41.2. The monoisotopic (exact) mass is 597 g/mol. The van der Waals surface area contributed by atoms with Crippen molar-refractivity contribution in [2.45, 2.75) is 164 Å². The van der Waals surface area contributed by atoms with Gasteiger partial charge in [0.05, 0.1) is 0 Å². The molecule has 0 radical (unpaired) electrons. The summed E-state index contributed by atoms with van der Waals surface area (Å²) in [5.41, 5.74) is 1.31. The van der Waals surface area contributed by atoms with E-state index in [0.29, 0.717) is 17.8 Å². The van der Waals surface area contributed by atoms with Gasteiger partial charge in [-0.2, -0.15) is 0 Å². The molecule has 0 N–H and O–H groups in total. The van der Waals surface area contributed by atoms with Crippen molar-refractivity contribution in [1.82, 2.24) is 14.8 Å². The molecular weight excluding hydrogens is 542 g/mol. The number of carbonyl (C=O) groups excluding carboxylic acids is 2. The van der Waals surface area contributed by atoms with E-state index in [-0.39, 0.29) is 22.9 Å². The number of carbonyl (C=O) groups is 2. The van der Waals surface area contributed by atoms with E-state index in [0.717, 1.165) is 66.8 Å². The third-order valence-corrected chi connectivity index (χ3v) is 14.6. The second-order valence-corrected chi connectivity index (χ2v) is 17.6. The number of hydrogen-bond acceptors (Lipinski definition) is 3. The number of pyridine rings is 1. The van der Waals surface area contributed by atoms with Gasteiger partial charge in [-0.05, 0) is 150 Å². The molecule has 8 bridgehead atoms. The highest BCUT2D eigenvalue weighted by Gasteiger charge is 2.58. The SMILES string of the molecule is O=C(c1ccnc(C(=O)N(C2CCCCC2)C23CC4CC(CC(C4)C2)C3)c1)N(C1CCCCC1)C12CC3CC(CC(C3)C1)C2. The number of amides is 2. The largest absolute Gasteiger partial charge is 0.330 e. The smallest absolute Gasteiger partial charge is 0.273 e. The van der Waals surface area contributed by atoms with Crippen molar-refractivity contribution in [2.24, 2.45) is 35.5 Å². The minimum atomic E-state index is 0.0167. The molecule has 10 aliphatic rings. The molecule has 238 valence electrons. The molecule has 0 unspecified atom stereocenters. The van der Waals surface area contributed by atoms with Crippen LogP contribution in [0.25, 0.3) is 0 Å². The van der Waals surface area contributed by atoms with Crippen LogP contribution in [0.15, 0.2) is 18.3 Å². The summed E-state index contributed by atoms with van der Waals surface area (Å²) in [5, 5.41) is 0. The predicted molar refractivity (Wildman–Crippen MR) is 172 cm³/mol. The van der Waals surface area contributed by atoms with Crippen molar-refractivity contribution in [1.29, 1.82) is 0 Å². The van der Waals surface area contributed by atoms with E-state index in [1.807, 2.05) is 12.1 Å². The Balaban J connectivity index is 1.05.